The van der Waals surface area contributed by atoms with Gasteiger partial charge in [0.25, 0.3) is 0 Å². The van der Waals surface area contributed by atoms with Crippen LogP contribution in [0.3, 0.4) is 0 Å². The summed E-state index contributed by atoms with van der Waals surface area (Å²) in [6.07, 6.45) is 8.29. The maximum Gasteiger partial charge on any atom is 0.124 e. The second-order valence-corrected chi connectivity index (χ2v) is 6.04. The number of nitrogens with one attached hydrogen (secondary N) is 1. The Labute approximate surface area is 123 Å². The number of hydrogen-bond acceptors (Lipinski definition) is 2. The Morgan fingerprint density at radius 2 is 2.05 bits per heavy atom. The normalized spacial score (nSPS) is 17.4. The number of benzene rings is 1. The van der Waals surface area contributed by atoms with Crippen LogP contribution in [0.5, 0.6) is 5.75 Å². The molecule has 1 aliphatic carbocycles. The lowest BCUT2D eigenvalue weighted by Gasteiger charge is -2.22. The quantitative estimate of drug-likeness (QED) is 0.783. The molecule has 0 spiro atoms. The summed E-state index contributed by atoms with van der Waals surface area (Å²) < 4.78 is 5.81. The third-order valence-electron chi connectivity index (χ3n) is 4.53. The third-order valence-corrected chi connectivity index (χ3v) is 4.53. The largest absolute Gasteiger partial charge is 0.494 e. The Hall–Kier alpha value is -1.02. The zero-order valence-corrected chi connectivity index (χ0v) is 13.2. The lowest BCUT2D eigenvalue weighted by atomic mass is 9.93. The van der Waals surface area contributed by atoms with E-state index in [0.29, 0.717) is 6.04 Å². The van der Waals surface area contributed by atoms with E-state index in [-0.39, 0.29) is 0 Å². The molecule has 2 nitrogen and oxygen atoms in total. The van der Waals surface area contributed by atoms with Crippen molar-refractivity contribution in [1.82, 2.24) is 5.32 Å². The average molecular weight is 275 g/mol. The maximum absolute atomic E-state index is 5.81. The zero-order chi connectivity index (χ0) is 14.4. The van der Waals surface area contributed by atoms with Crippen LogP contribution in [0, 0.1) is 12.8 Å². The first-order valence-corrected chi connectivity index (χ1v) is 8.15. The highest BCUT2D eigenvalue weighted by molar-refractivity contribution is 5.39. The number of ether oxygens (including phenoxy) is 1. The van der Waals surface area contributed by atoms with Gasteiger partial charge < -0.3 is 10.1 Å². The molecule has 1 N–H and O–H groups in total. The standard InChI is InChI=1S/C18H29NO/c1-4-20-18-12-9-14(2)13-16(18)17(19-3)11-10-15-7-5-6-8-15/h9,12-13,15,17,19H,4-8,10-11H2,1-3H3. The van der Waals surface area contributed by atoms with Gasteiger partial charge in [0.2, 0.25) is 0 Å². The first kappa shape index (κ1) is 15.4. The molecule has 2 rings (SSSR count). The SMILES string of the molecule is CCOc1ccc(C)cc1C(CCC1CCCC1)NC. The van der Waals surface area contributed by atoms with Crippen LogP contribution in [0.2, 0.25) is 0 Å². The van der Waals surface area contributed by atoms with Crippen molar-refractivity contribution in [3.8, 4) is 5.75 Å². The number of aryl methyl sites for hydroxylation is 1. The van der Waals surface area contributed by atoms with Crippen molar-refractivity contribution in [2.75, 3.05) is 13.7 Å². The Morgan fingerprint density at radius 3 is 2.70 bits per heavy atom. The topological polar surface area (TPSA) is 21.3 Å². The molecule has 1 unspecified atom stereocenters. The van der Waals surface area contributed by atoms with E-state index in [1.807, 2.05) is 0 Å². The molecule has 0 saturated heterocycles. The second-order valence-electron chi connectivity index (χ2n) is 6.04. The van der Waals surface area contributed by atoms with E-state index in [4.69, 9.17) is 4.74 Å². The summed E-state index contributed by atoms with van der Waals surface area (Å²) in [5.41, 5.74) is 2.64. The molecule has 1 atom stereocenters. The summed E-state index contributed by atoms with van der Waals surface area (Å²) in [6, 6.07) is 6.95. The van der Waals surface area contributed by atoms with E-state index < -0.39 is 0 Å². The Bertz CT molecular complexity index is 410. The summed E-state index contributed by atoms with van der Waals surface area (Å²) in [6.45, 7) is 4.94. The summed E-state index contributed by atoms with van der Waals surface area (Å²) in [7, 11) is 2.07. The number of hydrogen-bond donors (Lipinski definition) is 1. The molecule has 1 aromatic carbocycles. The van der Waals surface area contributed by atoms with Crippen LogP contribution in [0.1, 0.15) is 62.6 Å². The first-order chi connectivity index (χ1) is 9.74. The summed E-state index contributed by atoms with van der Waals surface area (Å²) in [4.78, 5) is 0. The van der Waals surface area contributed by atoms with Crippen LogP contribution in [0.4, 0.5) is 0 Å². The van der Waals surface area contributed by atoms with Crippen LogP contribution >= 0.6 is 0 Å². The van der Waals surface area contributed by atoms with Crippen molar-refractivity contribution in [2.24, 2.45) is 5.92 Å². The fourth-order valence-electron chi connectivity index (χ4n) is 3.38. The van der Waals surface area contributed by atoms with Gasteiger partial charge in [0.05, 0.1) is 6.61 Å². The molecular weight excluding hydrogens is 246 g/mol. The van der Waals surface area contributed by atoms with Crippen molar-refractivity contribution < 1.29 is 4.74 Å². The molecule has 1 fully saturated rings. The highest BCUT2D eigenvalue weighted by Crippen LogP contribution is 2.34. The lowest BCUT2D eigenvalue weighted by Crippen LogP contribution is -2.18. The molecule has 1 aromatic rings. The molecule has 0 heterocycles. The van der Waals surface area contributed by atoms with Gasteiger partial charge in [-0.05, 0) is 45.7 Å². The molecule has 1 aliphatic rings. The molecule has 0 bridgehead atoms. The van der Waals surface area contributed by atoms with Gasteiger partial charge in [-0.25, -0.2) is 0 Å². The number of rotatable bonds is 7. The molecular formula is C18H29NO. The van der Waals surface area contributed by atoms with Crippen LogP contribution in [0.15, 0.2) is 18.2 Å². The fourth-order valence-corrected chi connectivity index (χ4v) is 3.38. The van der Waals surface area contributed by atoms with Gasteiger partial charge in [-0.15, -0.1) is 0 Å². The predicted molar refractivity (Wildman–Crippen MR) is 85.3 cm³/mol. The van der Waals surface area contributed by atoms with Crippen molar-refractivity contribution in [3.63, 3.8) is 0 Å². The molecule has 20 heavy (non-hydrogen) atoms. The van der Waals surface area contributed by atoms with E-state index in [0.717, 1.165) is 18.3 Å². The highest BCUT2D eigenvalue weighted by atomic mass is 16.5. The minimum Gasteiger partial charge on any atom is -0.494 e. The van der Waals surface area contributed by atoms with Crippen molar-refractivity contribution in [2.45, 2.75) is 58.4 Å². The van der Waals surface area contributed by atoms with Crippen LogP contribution in [-0.4, -0.2) is 13.7 Å². The smallest absolute Gasteiger partial charge is 0.124 e. The van der Waals surface area contributed by atoms with E-state index in [2.05, 4.69) is 44.4 Å². The molecule has 1 saturated carbocycles. The lowest BCUT2D eigenvalue weighted by molar-refractivity contribution is 0.328. The molecule has 2 heteroatoms. The van der Waals surface area contributed by atoms with E-state index in [1.54, 1.807) is 0 Å². The molecule has 112 valence electrons. The van der Waals surface area contributed by atoms with Crippen LogP contribution in [-0.2, 0) is 0 Å². The van der Waals surface area contributed by atoms with Gasteiger partial charge in [-0.2, -0.15) is 0 Å². The highest BCUT2D eigenvalue weighted by Gasteiger charge is 2.19. The van der Waals surface area contributed by atoms with Crippen molar-refractivity contribution in [3.05, 3.63) is 29.3 Å². The summed E-state index contributed by atoms with van der Waals surface area (Å²) in [5, 5.41) is 3.49. The minimum atomic E-state index is 0.414. The van der Waals surface area contributed by atoms with Gasteiger partial charge >= 0.3 is 0 Å². The van der Waals surface area contributed by atoms with Gasteiger partial charge in [0, 0.05) is 11.6 Å². The van der Waals surface area contributed by atoms with E-state index in [9.17, 15) is 0 Å². The summed E-state index contributed by atoms with van der Waals surface area (Å²) >= 11 is 0. The minimum absolute atomic E-state index is 0.414. The summed E-state index contributed by atoms with van der Waals surface area (Å²) in [5.74, 6) is 2.00. The van der Waals surface area contributed by atoms with E-state index >= 15 is 0 Å². The van der Waals surface area contributed by atoms with Gasteiger partial charge in [0.1, 0.15) is 5.75 Å². The van der Waals surface area contributed by atoms with Crippen molar-refractivity contribution in [1.29, 1.82) is 0 Å². The average Bonchev–Trinajstić information content (AvgIpc) is 2.96. The van der Waals surface area contributed by atoms with Crippen LogP contribution in [0.25, 0.3) is 0 Å². The van der Waals surface area contributed by atoms with Gasteiger partial charge in [-0.1, -0.05) is 43.4 Å². The molecule has 0 aromatic heterocycles. The van der Waals surface area contributed by atoms with Gasteiger partial charge in [0.15, 0.2) is 0 Å². The maximum atomic E-state index is 5.81. The Kier molecular flexibility index (Phi) is 5.90. The molecule has 0 amide bonds. The zero-order valence-electron chi connectivity index (χ0n) is 13.2. The predicted octanol–water partition coefficient (Wildman–Crippen LogP) is 4.62. The third kappa shape index (κ3) is 3.99. The monoisotopic (exact) mass is 275 g/mol. The molecule has 0 aliphatic heterocycles. The molecule has 0 radical (unpaired) electrons. The fraction of sp³-hybridized carbons (Fsp3) is 0.667. The Balaban J connectivity index is 2.06. The van der Waals surface area contributed by atoms with Gasteiger partial charge in [-0.3, -0.25) is 0 Å². The second kappa shape index (κ2) is 7.68. The van der Waals surface area contributed by atoms with Crippen LogP contribution < -0.4 is 10.1 Å². The first-order valence-electron chi connectivity index (χ1n) is 8.15. The van der Waals surface area contributed by atoms with Crippen molar-refractivity contribution >= 4 is 0 Å². The Morgan fingerprint density at radius 1 is 1.30 bits per heavy atom. The van der Waals surface area contributed by atoms with E-state index in [1.165, 1.54) is 49.7 Å².